The number of rotatable bonds is 5. The number of amides is 2. The van der Waals surface area contributed by atoms with Crippen LogP contribution < -0.4 is 10.3 Å². The van der Waals surface area contributed by atoms with Crippen molar-refractivity contribution in [2.75, 3.05) is 18.1 Å². The summed E-state index contributed by atoms with van der Waals surface area (Å²) in [7, 11) is 0. The van der Waals surface area contributed by atoms with E-state index in [1.165, 1.54) is 11.0 Å². The van der Waals surface area contributed by atoms with Crippen molar-refractivity contribution in [2.24, 2.45) is 0 Å². The van der Waals surface area contributed by atoms with E-state index in [1.54, 1.807) is 29.2 Å². The highest BCUT2D eigenvalue weighted by atomic mass is 35.5. The van der Waals surface area contributed by atoms with E-state index in [4.69, 9.17) is 16.0 Å². The molecule has 4 aromatic rings. The Kier molecular flexibility index (Phi) is 5.44. The quantitative estimate of drug-likeness (QED) is 0.427. The number of aliphatic hydroxyl groups is 1. The van der Waals surface area contributed by atoms with E-state index in [9.17, 15) is 19.5 Å². The average molecular weight is 515 g/mol. The second kappa shape index (κ2) is 8.57. The normalized spacial score (nSPS) is 18.2. The number of halogens is 1. The van der Waals surface area contributed by atoms with Crippen LogP contribution in [0.5, 0.6) is 0 Å². The van der Waals surface area contributed by atoms with Crippen molar-refractivity contribution < 1.29 is 19.1 Å². The Bertz CT molecular complexity index is 1640. The monoisotopic (exact) mass is 514 g/mol. The molecule has 3 aromatic carbocycles. The summed E-state index contributed by atoms with van der Waals surface area (Å²) in [5.41, 5.74) is 1.19. The van der Waals surface area contributed by atoms with E-state index in [2.05, 4.69) is 0 Å². The van der Waals surface area contributed by atoms with E-state index in [-0.39, 0.29) is 48.4 Å². The van der Waals surface area contributed by atoms with Crippen LogP contribution in [-0.2, 0) is 16.9 Å². The van der Waals surface area contributed by atoms with Crippen LogP contribution in [-0.4, -0.2) is 35.0 Å². The summed E-state index contributed by atoms with van der Waals surface area (Å²) in [6.07, 6.45) is 0.231. The largest absolute Gasteiger partial charge is 0.450 e. The fourth-order valence-electron chi connectivity index (χ4n) is 5.52. The number of benzene rings is 3. The van der Waals surface area contributed by atoms with Gasteiger partial charge in [-0.2, -0.15) is 0 Å². The summed E-state index contributed by atoms with van der Waals surface area (Å²) >= 11 is 6.19. The summed E-state index contributed by atoms with van der Waals surface area (Å²) in [6.45, 7) is 2.14. The molecule has 1 spiro atoms. The standard InChI is InChI=1S/C29H23ClN2O5/c1-17-7-9-18(10-8-17)16-31-22-6-3-2-5-21(22)29(28(31)36)24-25(34)20-15-19(30)11-12-23(20)37-26(24)27(35)32(29)13-4-14-33/h2-3,5-12,15,33H,4,13-14,16H2,1H3. The van der Waals surface area contributed by atoms with Crippen LogP contribution in [0.3, 0.4) is 0 Å². The number of aliphatic hydroxyl groups excluding tert-OH is 1. The number of anilines is 1. The molecular weight excluding hydrogens is 492 g/mol. The Hall–Kier alpha value is -3.94. The molecule has 6 rings (SSSR count). The van der Waals surface area contributed by atoms with Gasteiger partial charge in [0.25, 0.3) is 11.8 Å². The molecule has 0 aliphatic carbocycles. The fourth-order valence-corrected chi connectivity index (χ4v) is 5.70. The molecule has 1 atom stereocenters. The number of carbonyl (C=O) groups excluding carboxylic acids is 2. The molecule has 0 bridgehead atoms. The van der Waals surface area contributed by atoms with Crippen LogP contribution >= 0.6 is 11.6 Å². The molecule has 186 valence electrons. The van der Waals surface area contributed by atoms with Crippen molar-refractivity contribution >= 4 is 40.1 Å². The minimum Gasteiger partial charge on any atom is -0.450 e. The lowest BCUT2D eigenvalue weighted by atomic mass is 9.84. The summed E-state index contributed by atoms with van der Waals surface area (Å²) < 4.78 is 6.00. The Balaban J connectivity index is 1.64. The zero-order valence-electron chi connectivity index (χ0n) is 20.0. The third-order valence-electron chi connectivity index (χ3n) is 7.20. The Morgan fingerprint density at radius 3 is 2.51 bits per heavy atom. The maximum Gasteiger partial charge on any atom is 0.291 e. The minimum absolute atomic E-state index is 0.00550. The van der Waals surface area contributed by atoms with Crippen molar-refractivity contribution in [3.63, 3.8) is 0 Å². The molecular formula is C29H23ClN2O5. The number of fused-ring (bicyclic) bond motifs is 5. The first kappa shape index (κ1) is 23.5. The molecule has 2 aliphatic rings. The topological polar surface area (TPSA) is 91.1 Å². The van der Waals surface area contributed by atoms with Crippen molar-refractivity contribution in [3.05, 3.63) is 110 Å². The Morgan fingerprint density at radius 2 is 1.76 bits per heavy atom. The first-order valence-electron chi connectivity index (χ1n) is 12.0. The van der Waals surface area contributed by atoms with Gasteiger partial charge in [-0.05, 0) is 43.2 Å². The van der Waals surface area contributed by atoms with Crippen molar-refractivity contribution in [1.29, 1.82) is 0 Å². The van der Waals surface area contributed by atoms with Crippen LogP contribution in [0.4, 0.5) is 5.69 Å². The minimum atomic E-state index is -1.71. The lowest BCUT2D eigenvalue weighted by Crippen LogP contribution is -2.53. The highest BCUT2D eigenvalue weighted by Crippen LogP contribution is 2.52. The molecule has 37 heavy (non-hydrogen) atoms. The molecule has 0 fully saturated rings. The average Bonchev–Trinajstić information content (AvgIpc) is 3.29. The van der Waals surface area contributed by atoms with Gasteiger partial charge < -0.3 is 19.3 Å². The summed E-state index contributed by atoms with van der Waals surface area (Å²) in [5.74, 6) is -1.12. The van der Waals surface area contributed by atoms with Crippen LogP contribution in [0.2, 0.25) is 5.02 Å². The second-order valence-electron chi connectivity index (χ2n) is 9.41. The zero-order chi connectivity index (χ0) is 25.9. The summed E-state index contributed by atoms with van der Waals surface area (Å²) in [4.78, 5) is 45.4. The highest BCUT2D eigenvalue weighted by molar-refractivity contribution is 6.31. The number of hydrogen-bond donors (Lipinski definition) is 1. The van der Waals surface area contributed by atoms with E-state index < -0.39 is 22.8 Å². The number of carbonyl (C=O) groups is 2. The Labute approximate surface area is 217 Å². The number of nitrogens with zero attached hydrogens (tertiary/aromatic N) is 2. The lowest BCUT2D eigenvalue weighted by molar-refractivity contribution is -0.126. The first-order chi connectivity index (χ1) is 17.9. The third kappa shape index (κ3) is 3.27. The number of aryl methyl sites for hydroxylation is 1. The van der Waals surface area contributed by atoms with Crippen molar-refractivity contribution in [2.45, 2.75) is 25.4 Å². The fraction of sp³-hybridized carbons (Fsp3) is 0.207. The van der Waals surface area contributed by atoms with Gasteiger partial charge >= 0.3 is 0 Å². The Morgan fingerprint density at radius 1 is 1.00 bits per heavy atom. The summed E-state index contributed by atoms with van der Waals surface area (Å²) in [6, 6.07) is 19.7. The maximum atomic E-state index is 14.6. The predicted octanol–water partition coefficient (Wildman–Crippen LogP) is 4.38. The van der Waals surface area contributed by atoms with Crippen LogP contribution in [0.1, 0.15) is 39.2 Å². The molecule has 8 heteroatoms. The van der Waals surface area contributed by atoms with Gasteiger partial charge in [-0.25, -0.2) is 0 Å². The van der Waals surface area contributed by atoms with Gasteiger partial charge in [0.1, 0.15) is 5.58 Å². The molecule has 1 unspecified atom stereocenters. The SMILES string of the molecule is Cc1ccc(CN2C(=O)C3(c4ccccc42)c2c(oc4ccc(Cl)cc4c2=O)C(=O)N3CCCO)cc1. The molecule has 2 aliphatic heterocycles. The van der Waals surface area contributed by atoms with Gasteiger partial charge in [0.2, 0.25) is 5.76 Å². The van der Waals surface area contributed by atoms with Gasteiger partial charge in [-0.15, -0.1) is 0 Å². The predicted molar refractivity (Wildman–Crippen MR) is 140 cm³/mol. The molecule has 1 aromatic heterocycles. The van der Waals surface area contributed by atoms with Crippen molar-refractivity contribution in [3.8, 4) is 0 Å². The van der Waals surface area contributed by atoms with Crippen LogP contribution in [0.15, 0.2) is 75.9 Å². The van der Waals surface area contributed by atoms with Gasteiger partial charge in [-0.1, -0.05) is 59.6 Å². The van der Waals surface area contributed by atoms with Gasteiger partial charge in [0, 0.05) is 23.7 Å². The van der Waals surface area contributed by atoms with Gasteiger partial charge in [-0.3, -0.25) is 14.4 Å². The molecule has 0 radical (unpaired) electrons. The lowest BCUT2D eigenvalue weighted by Gasteiger charge is -2.34. The van der Waals surface area contributed by atoms with Gasteiger partial charge in [0.15, 0.2) is 11.0 Å². The molecule has 1 N–H and O–H groups in total. The summed E-state index contributed by atoms with van der Waals surface area (Å²) in [5, 5.41) is 10.1. The molecule has 0 saturated heterocycles. The van der Waals surface area contributed by atoms with E-state index in [0.29, 0.717) is 16.3 Å². The third-order valence-corrected chi connectivity index (χ3v) is 7.43. The van der Waals surface area contributed by atoms with E-state index in [0.717, 1.165) is 11.1 Å². The van der Waals surface area contributed by atoms with E-state index in [1.807, 2.05) is 43.3 Å². The van der Waals surface area contributed by atoms with Gasteiger partial charge in [0.05, 0.1) is 23.2 Å². The van der Waals surface area contributed by atoms with Crippen molar-refractivity contribution in [1.82, 2.24) is 4.90 Å². The van der Waals surface area contributed by atoms with E-state index >= 15 is 0 Å². The molecule has 0 saturated carbocycles. The maximum absolute atomic E-state index is 14.6. The number of para-hydroxylation sites is 1. The molecule has 3 heterocycles. The first-order valence-corrected chi connectivity index (χ1v) is 12.4. The number of hydrogen-bond acceptors (Lipinski definition) is 5. The highest BCUT2D eigenvalue weighted by Gasteiger charge is 2.64. The smallest absolute Gasteiger partial charge is 0.291 e. The second-order valence-corrected chi connectivity index (χ2v) is 9.85. The molecule has 2 amide bonds. The van der Waals surface area contributed by atoms with Crippen LogP contribution in [0, 0.1) is 6.92 Å². The van der Waals surface area contributed by atoms with Crippen LogP contribution in [0.25, 0.3) is 11.0 Å². The molecule has 7 nitrogen and oxygen atoms in total. The zero-order valence-corrected chi connectivity index (χ0v) is 20.8.